The van der Waals surface area contributed by atoms with E-state index in [1.807, 2.05) is 42.5 Å². The Morgan fingerprint density at radius 2 is 0.958 bits per heavy atom. The summed E-state index contributed by atoms with van der Waals surface area (Å²) in [6.45, 7) is 7.90. The van der Waals surface area contributed by atoms with Crippen molar-refractivity contribution >= 4 is 49.3 Å². The minimum atomic E-state index is 0.571. The van der Waals surface area contributed by atoms with E-state index in [9.17, 15) is 5.26 Å². The monoisotopic (exact) mass is 610 g/mol. The van der Waals surface area contributed by atoms with Gasteiger partial charge in [-0.2, -0.15) is 5.26 Å². The van der Waals surface area contributed by atoms with Gasteiger partial charge in [-0.15, -0.1) is 0 Å². The smallest absolute Gasteiger partial charge is 0.187 e. The summed E-state index contributed by atoms with van der Waals surface area (Å²) in [6.07, 6.45) is 0. The van der Waals surface area contributed by atoms with E-state index >= 15 is 0 Å². The van der Waals surface area contributed by atoms with Gasteiger partial charge < -0.3 is 9.13 Å². The molecule has 0 bridgehead atoms. The number of nitriles is 1. The van der Waals surface area contributed by atoms with Gasteiger partial charge >= 0.3 is 0 Å². The number of hydrogen-bond acceptors (Lipinski definition) is 1. The molecule has 7 aromatic carbocycles. The molecule has 0 saturated heterocycles. The Kier molecular flexibility index (Phi) is 6.22. The summed E-state index contributed by atoms with van der Waals surface area (Å²) in [5, 5.41) is 15.0. The molecule has 222 valence electrons. The number of fused-ring (bicyclic) bond motifs is 6. The van der Waals surface area contributed by atoms with Gasteiger partial charge in [0.25, 0.3) is 0 Å². The van der Waals surface area contributed by atoms with Crippen LogP contribution in [0.1, 0.15) is 5.56 Å². The zero-order valence-corrected chi connectivity index (χ0v) is 25.8. The van der Waals surface area contributed by atoms with Crippen molar-refractivity contribution in [3.8, 4) is 39.7 Å². The Balaban J connectivity index is 1.32. The third kappa shape index (κ3) is 4.07. The molecule has 0 radical (unpaired) electrons. The summed E-state index contributed by atoms with van der Waals surface area (Å²) in [5.74, 6) is 0. The van der Waals surface area contributed by atoms with E-state index in [0.29, 0.717) is 11.3 Å². The minimum Gasteiger partial charge on any atom is -0.309 e. The third-order valence-electron chi connectivity index (χ3n) is 9.40. The molecule has 2 aromatic heterocycles. The normalized spacial score (nSPS) is 11.3. The van der Waals surface area contributed by atoms with Crippen LogP contribution in [0.15, 0.2) is 158 Å². The molecule has 0 aliphatic rings. The van der Waals surface area contributed by atoms with Gasteiger partial charge in [0.1, 0.15) is 6.07 Å². The van der Waals surface area contributed by atoms with Crippen LogP contribution in [-0.4, -0.2) is 9.13 Å². The quantitative estimate of drug-likeness (QED) is 0.183. The van der Waals surface area contributed by atoms with Crippen LogP contribution in [0.4, 0.5) is 5.69 Å². The Labute approximate surface area is 277 Å². The van der Waals surface area contributed by atoms with E-state index in [4.69, 9.17) is 6.57 Å². The lowest BCUT2D eigenvalue weighted by Gasteiger charge is -2.18. The summed E-state index contributed by atoms with van der Waals surface area (Å²) in [6, 6.07) is 56.6. The van der Waals surface area contributed by atoms with E-state index in [1.54, 1.807) is 0 Å². The van der Waals surface area contributed by atoms with Gasteiger partial charge in [-0.25, -0.2) is 4.85 Å². The summed E-state index contributed by atoms with van der Waals surface area (Å²) in [4.78, 5) is 3.83. The molecule has 0 aliphatic carbocycles. The molecule has 2 heterocycles. The molecule has 4 nitrogen and oxygen atoms in total. The number of aromatic nitrogens is 2. The van der Waals surface area contributed by atoms with Gasteiger partial charge in [-0.3, -0.25) is 0 Å². The van der Waals surface area contributed by atoms with Gasteiger partial charge in [0.05, 0.1) is 45.6 Å². The van der Waals surface area contributed by atoms with E-state index < -0.39 is 0 Å². The standard InChI is InChI=1S/C44H26N4/c1-46-31-24-25-32(29-22-23-30(28-45)44(26-29)48-41-19-9-4-14-35(41)36-15-5-10-20-42(36)48)38(27-31)37-16-6-11-21-43(37)47-39-17-7-2-12-33(39)34-13-3-8-18-40(34)47/h2-27H. The highest BCUT2D eigenvalue weighted by atomic mass is 15.0. The second-order valence-corrected chi connectivity index (χ2v) is 11.9. The van der Waals surface area contributed by atoms with Crippen molar-refractivity contribution < 1.29 is 0 Å². The molecule has 0 atom stereocenters. The Morgan fingerprint density at radius 1 is 0.458 bits per heavy atom. The highest BCUT2D eigenvalue weighted by Gasteiger charge is 2.20. The van der Waals surface area contributed by atoms with Gasteiger partial charge in [0, 0.05) is 27.1 Å². The van der Waals surface area contributed by atoms with Gasteiger partial charge in [0.15, 0.2) is 5.69 Å². The molecule has 0 fully saturated rings. The van der Waals surface area contributed by atoms with Crippen molar-refractivity contribution in [1.29, 1.82) is 5.26 Å². The van der Waals surface area contributed by atoms with Gasteiger partial charge in [0.2, 0.25) is 0 Å². The molecule has 0 spiro atoms. The van der Waals surface area contributed by atoms with Crippen molar-refractivity contribution in [2.24, 2.45) is 0 Å². The predicted molar refractivity (Wildman–Crippen MR) is 197 cm³/mol. The second-order valence-electron chi connectivity index (χ2n) is 11.9. The zero-order chi connectivity index (χ0) is 32.2. The summed E-state index contributed by atoms with van der Waals surface area (Å²) < 4.78 is 4.53. The van der Waals surface area contributed by atoms with Crippen molar-refractivity contribution in [2.45, 2.75) is 0 Å². The fourth-order valence-electron chi connectivity index (χ4n) is 7.32. The third-order valence-corrected chi connectivity index (χ3v) is 9.40. The molecule has 4 heteroatoms. The highest BCUT2D eigenvalue weighted by molar-refractivity contribution is 6.11. The maximum absolute atomic E-state index is 10.3. The van der Waals surface area contributed by atoms with Crippen LogP contribution in [-0.2, 0) is 0 Å². The topological polar surface area (TPSA) is 38.0 Å². The van der Waals surface area contributed by atoms with Crippen LogP contribution in [0.25, 0.3) is 82.1 Å². The van der Waals surface area contributed by atoms with Crippen molar-refractivity contribution in [3.63, 3.8) is 0 Å². The average Bonchev–Trinajstić information content (AvgIpc) is 3.67. The van der Waals surface area contributed by atoms with Crippen molar-refractivity contribution in [1.82, 2.24) is 9.13 Å². The van der Waals surface area contributed by atoms with Crippen LogP contribution in [0.2, 0.25) is 0 Å². The Morgan fingerprint density at radius 3 is 1.50 bits per heavy atom. The average molecular weight is 611 g/mol. The van der Waals surface area contributed by atoms with Crippen molar-refractivity contribution in [3.05, 3.63) is 175 Å². The molecule has 9 rings (SSSR count). The van der Waals surface area contributed by atoms with Gasteiger partial charge in [-0.05, 0) is 65.2 Å². The maximum Gasteiger partial charge on any atom is 0.187 e. The number of hydrogen-bond donors (Lipinski definition) is 0. The van der Waals surface area contributed by atoms with E-state index in [2.05, 4.69) is 135 Å². The molecule has 48 heavy (non-hydrogen) atoms. The van der Waals surface area contributed by atoms with Crippen LogP contribution >= 0.6 is 0 Å². The number of rotatable bonds is 4. The van der Waals surface area contributed by atoms with Crippen LogP contribution in [0.3, 0.4) is 0 Å². The van der Waals surface area contributed by atoms with Crippen LogP contribution < -0.4 is 0 Å². The molecule has 0 amide bonds. The lowest BCUT2D eigenvalue weighted by Crippen LogP contribution is -2.00. The lowest BCUT2D eigenvalue weighted by atomic mass is 9.92. The molecule has 0 N–H and O–H groups in total. The first-order valence-corrected chi connectivity index (χ1v) is 15.9. The van der Waals surface area contributed by atoms with Gasteiger partial charge in [-0.1, -0.05) is 109 Å². The van der Waals surface area contributed by atoms with Crippen LogP contribution in [0, 0.1) is 17.9 Å². The first-order chi connectivity index (χ1) is 23.7. The number of benzene rings is 7. The summed E-state index contributed by atoms with van der Waals surface area (Å²) >= 11 is 0. The van der Waals surface area contributed by atoms with Crippen molar-refractivity contribution in [2.75, 3.05) is 0 Å². The predicted octanol–water partition coefficient (Wildman–Crippen LogP) is 11.6. The fourth-order valence-corrected chi connectivity index (χ4v) is 7.32. The van der Waals surface area contributed by atoms with E-state index in [-0.39, 0.29) is 0 Å². The lowest BCUT2D eigenvalue weighted by molar-refractivity contribution is 1.17. The number of para-hydroxylation sites is 5. The molecular weight excluding hydrogens is 585 g/mol. The largest absolute Gasteiger partial charge is 0.309 e. The molecule has 0 saturated carbocycles. The second kappa shape index (κ2) is 10.9. The summed E-state index contributed by atoms with van der Waals surface area (Å²) in [7, 11) is 0. The zero-order valence-electron chi connectivity index (χ0n) is 25.8. The summed E-state index contributed by atoms with van der Waals surface area (Å²) in [5.41, 5.74) is 11.3. The van der Waals surface area contributed by atoms with Crippen LogP contribution in [0.5, 0.6) is 0 Å². The van der Waals surface area contributed by atoms with E-state index in [1.165, 1.54) is 10.8 Å². The highest BCUT2D eigenvalue weighted by Crippen LogP contribution is 2.42. The first-order valence-electron chi connectivity index (χ1n) is 15.9. The molecule has 9 aromatic rings. The minimum absolute atomic E-state index is 0.571. The fraction of sp³-hybridized carbons (Fsp3) is 0. The number of nitrogens with zero attached hydrogens (tertiary/aromatic N) is 4. The SMILES string of the molecule is [C-]#[N+]c1ccc(-c2ccc(C#N)c(-n3c4ccccc4c4ccccc43)c2)c(-c2ccccc2-n2c3ccccc3c3ccccc32)c1. The first kappa shape index (κ1) is 27.4. The Hall–Kier alpha value is -6.88. The maximum atomic E-state index is 10.3. The molecular formula is C44H26N4. The molecule has 0 aliphatic heterocycles. The molecule has 0 unspecified atom stereocenters. The Bertz CT molecular complexity index is 2710. The van der Waals surface area contributed by atoms with E-state index in [0.717, 1.165) is 66.5 Å².